The van der Waals surface area contributed by atoms with Crippen LogP contribution >= 0.6 is 0 Å². The summed E-state index contributed by atoms with van der Waals surface area (Å²) in [5.74, 6) is -5.44. The highest BCUT2D eigenvalue weighted by Gasteiger charge is 2.76. The van der Waals surface area contributed by atoms with Crippen LogP contribution in [-0.4, -0.2) is 45.9 Å². The van der Waals surface area contributed by atoms with E-state index in [1.807, 2.05) is 0 Å². The smallest absolute Gasteiger partial charge is 0.397 e. The van der Waals surface area contributed by atoms with E-state index in [0.717, 1.165) is 4.90 Å². The number of halogens is 5. The second-order valence-electron chi connectivity index (χ2n) is 6.65. The van der Waals surface area contributed by atoms with Gasteiger partial charge in [-0.25, -0.2) is 0 Å². The monoisotopic (exact) mass is 335 g/mol. The summed E-state index contributed by atoms with van der Waals surface area (Å²) >= 11 is 0. The third kappa shape index (κ3) is 3.27. The van der Waals surface area contributed by atoms with Crippen molar-refractivity contribution in [3.63, 3.8) is 0 Å². The van der Waals surface area contributed by atoms with Gasteiger partial charge in [0.25, 0.3) is 0 Å². The van der Waals surface area contributed by atoms with Crippen molar-refractivity contribution in [2.45, 2.75) is 58.6 Å². The van der Waals surface area contributed by atoms with E-state index in [2.05, 4.69) is 0 Å². The minimum absolute atomic E-state index is 0.444. The maximum atomic E-state index is 14.4. The van der Waals surface area contributed by atoms with Crippen molar-refractivity contribution in [3.05, 3.63) is 0 Å². The van der Waals surface area contributed by atoms with Crippen molar-refractivity contribution in [1.29, 1.82) is 0 Å². The topological polar surface area (TPSA) is 12.5 Å². The molecule has 0 spiro atoms. The summed E-state index contributed by atoms with van der Waals surface area (Å²) in [5, 5.41) is 0. The molecule has 0 aromatic heterocycles. The van der Waals surface area contributed by atoms with Gasteiger partial charge in [0.2, 0.25) is 0 Å². The molecule has 2 nitrogen and oxygen atoms in total. The van der Waals surface area contributed by atoms with Crippen LogP contribution in [0.1, 0.15) is 27.7 Å². The Kier molecular flexibility index (Phi) is 6.06. The lowest BCUT2D eigenvalue weighted by molar-refractivity contribution is -0.389. The average molecular weight is 335 g/mol. The lowest BCUT2D eigenvalue weighted by Gasteiger charge is -2.56. The molecule has 0 amide bonds. The van der Waals surface area contributed by atoms with Gasteiger partial charge in [-0.2, -0.15) is 22.0 Å². The first kappa shape index (κ1) is 20.8. The second kappa shape index (κ2) is 6.12. The molecule has 0 bridgehead atoms. The molecule has 128 valence electrons. The van der Waals surface area contributed by atoms with Crippen LogP contribution in [0.5, 0.6) is 0 Å². The van der Waals surface area contributed by atoms with Crippen molar-refractivity contribution in [2.75, 3.05) is 14.1 Å². The zero-order valence-corrected chi connectivity index (χ0v) is 15.1. The van der Waals surface area contributed by atoms with Gasteiger partial charge in [-0.05, 0) is 33.1 Å². The number of nitrogens with zero attached hydrogens (tertiary/aromatic N) is 1. The first-order chi connectivity index (χ1) is 9.05. The van der Waals surface area contributed by atoms with Crippen LogP contribution in [0, 0.1) is 11.3 Å². The number of rotatable bonds is 6. The van der Waals surface area contributed by atoms with Crippen LogP contribution in [0.2, 0.25) is 13.1 Å². The lowest BCUT2D eigenvalue weighted by atomic mass is 9.68. The largest absolute Gasteiger partial charge is 0.457 e. The Balaban J connectivity index is 6.47. The first-order valence-corrected chi connectivity index (χ1v) is 9.63. The van der Waals surface area contributed by atoms with E-state index in [-0.39, 0.29) is 0 Å². The molecule has 21 heavy (non-hydrogen) atoms. The second-order valence-corrected chi connectivity index (χ2v) is 8.99. The van der Waals surface area contributed by atoms with E-state index in [1.165, 1.54) is 27.9 Å². The lowest BCUT2D eigenvalue weighted by Crippen LogP contribution is -2.73. The van der Waals surface area contributed by atoms with Crippen LogP contribution in [0.4, 0.5) is 22.0 Å². The van der Waals surface area contributed by atoms with Crippen LogP contribution in [0.15, 0.2) is 0 Å². The molecule has 0 saturated carbocycles. The standard InChI is InChI=1S/C13H26F5NOSi/c1-9(2)10(3,4)12(19(5)6,20-21(7)8)11(14,15)13(16,17)18/h9,21H,1-8H3. The molecule has 0 heterocycles. The van der Waals surface area contributed by atoms with Crippen LogP contribution in [-0.2, 0) is 4.43 Å². The predicted octanol–water partition coefficient (Wildman–Crippen LogP) is 4.12. The Hall–Kier alpha value is -0.213. The van der Waals surface area contributed by atoms with E-state index < -0.39 is 38.2 Å². The molecule has 1 atom stereocenters. The molecule has 0 aliphatic rings. The van der Waals surface area contributed by atoms with Gasteiger partial charge in [0.15, 0.2) is 14.8 Å². The van der Waals surface area contributed by atoms with Gasteiger partial charge in [-0.15, -0.1) is 0 Å². The maximum absolute atomic E-state index is 14.4. The van der Waals surface area contributed by atoms with Gasteiger partial charge in [0.1, 0.15) is 0 Å². The summed E-state index contributed by atoms with van der Waals surface area (Å²) in [4.78, 5) is 0.882. The number of hydrogen-bond acceptors (Lipinski definition) is 2. The van der Waals surface area contributed by atoms with Gasteiger partial charge in [0.05, 0.1) is 0 Å². The van der Waals surface area contributed by atoms with E-state index in [9.17, 15) is 22.0 Å². The zero-order valence-electron chi connectivity index (χ0n) is 13.9. The molecular formula is C13H26F5NOSi. The molecule has 8 heteroatoms. The number of alkyl halides is 5. The molecule has 0 N–H and O–H groups in total. The average Bonchev–Trinajstić information content (AvgIpc) is 2.22. The van der Waals surface area contributed by atoms with Crippen LogP contribution in [0.3, 0.4) is 0 Å². The van der Waals surface area contributed by atoms with Gasteiger partial charge < -0.3 is 4.43 Å². The van der Waals surface area contributed by atoms with Crippen molar-refractivity contribution in [3.8, 4) is 0 Å². The third-order valence-electron chi connectivity index (χ3n) is 4.13. The normalized spacial score (nSPS) is 17.7. The predicted molar refractivity (Wildman–Crippen MR) is 76.0 cm³/mol. The molecule has 0 aliphatic heterocycles. The molecular weight excluding hydrogens is 309 g/mol. The van der Waals surface area contributed by atoms with E-state index in [4.69, 9.17) is 4.43 Å². The quantitative estimate of drug-likeness (QED) is 0.411. The maximum Gasteiger partial charge on any atom is 0.457 e. The van der Waals surface area contributed by atoms with E-state index >= 15 is 0 Å². The Labute approximate surface area is 125 Å². The summed E-state index contributed by atoms with van der Waals surface area (Å²) in [6.45, 7) is 9.20. The van der Waals surface area contributed by atoms with Crippen molar-refractivity contribution in [2.24, 2.45) is 11.3 Å². The minimum Gasteiger partial charge on any atom is -0.397 e. The SMILES string of the molecule is CC(C)C(C)(C)C(O[SiH](C)C)(N(C)C)C(F)(F)C(F)(F)F. The molecule has 0 radical (unpaired) electrons. The molecule has 0 aromatic rings. The number of hydrogen-bond donors (Lipinski definition) is 0. The summed E-state index contributed by atoms with van der Waals surface area (Å²) in [7, 11) is 0.232. The molecule has 0 aliphatic carbocycles. The van der Waals surface area contributed by atoms with Crippen molar-refractivity contribution in [1.82, 2.24) is 4.90 Å². The Morgan fingerprint density at radius 2 is 1.33 bits per heavy atom. The third-order valence-corrected chi connectivity index (χ3v) is 4.95. The minimum atomic E-state index is -5.69. The first-order valence-electron chi connectivity index (χ1n) is 6.85. The van der Waals surface area contributed by atoms with Gasteiger partial charge in [0, 0.05) is 5.41 Å². The Bertz CT molecular complexity index is 355. The zero-order chi connectivity index (χ0) is 17.4. The summed E-state index contributed by atoms with van der Waals surface area (Å²) in [6.07, 6.45) is -5.69. The van der Waals surface area contributed by atoms with Gasteiger partial charge in [-0.3, -0.25) is 4.90 Å². The summed E-state index contributed by atoms with van der Waals surface area (Å²) in [6, 6.07) is 0. The highest BCUT2D eigenvalue weighted by atomic mass is 28.3. The van der Waals surface area contributed by atoms with Gasteiger partial charge in [-0.1, -0.05) is 27.7 Å². The van der Waals surface area contributed by atoms with Crippen molar-refractivity contribution < 1.29 is 26.4 Å². The highest BCUT2D eigenvalue weighted by molar-refractivity contribution is 6.48. The Morgan fingerprint density at radius 1 is 0.952 bits per heavy atom. The van der Waals surface area contributed by atoms with Crippen molar-refractivity contribution >= 4 is 9.04 Å². The molecule has 0 saturated heterocycles. The Morgan fingerprint density at radius 3 is 1.52 bits per heavy atom. The molecule has 0 aromatic carbocycles. The fourth-order valence-electron chi connectivity index (χ4n) is 2.52. The van der Waals surface area contributed by atoms with Crippen LogP contribution in [0.25, 0.3) is 0 Å². The van der Waals surface area contributed by atoms with E-state index in [0.29, 0.717) is 0 Å². The van der Waals surface area contributed by atoms with E-state index in [1.54, 1.807) is 26.9 Å². The highest BCUT2D eigenvalue weighted by Crippen LogP contribution is 2.56. The summed E-state index contributed by atoms with van der Waals surface area (Å²) < 4.78 is 73.6. The molecule has 0 fully saturated rings. The molecule has 1 unspecified atom stereocenters. The van der Waals surface area contributed by atoms with Gasteiger partial charge >= 0.3 is 12.1 Å². The van der Waals surface area contributed by atoms with Crippen LogP contribution < -0.4 is 0 Å². The summed E-state index contributed by atoms with van der Waals surface area (Å²) in [5.41, 5.74) is -4.17. The molecule has 0 rings (SSSR count). The fraction of sp³-hybridized carbons (Fsp3) is 1.00. The fourth-order valence-corrected chi connectivity index (χ4v) is 3.86.